The third kappa shape index (κ3) is 4.44. The molecule has 0 saturated carbocycles. The number of fused-ring (bicyclic) bond motifs is 1. The Hall–Kier alpha value is -2.27. The Bertz CT molecular complexity index is 1200. The quantitative estimate of drug-likeness (QED) is 0.482. The molecule has 0 bridgehead atoms. The van der Waals surface area contributed by atoms with Crippen LogP contribution in [0.4, 0.5) is 5.82 Å². The minimum absolute atomic E-state index is 0.0173. The van der Waals surface area contributed by atoms with Gasteiger partial charge in [-0.05, 0) is 44.5 Å². The largest absolute Gasteiger partial charge is 0.376 e. The number of hydrogen-bond acceptors (Lipinski definition) is 8. The number of nitrogens with zero attached hydrogens (tertiary/aromatic N) is 5. The van der Waals surface area contributed by atoms with Crippen LogP contribution in [0.25, 0.3) is 11.7 Å². The number of carbonyl (C=O) groups excluding carboxylic acids is 1. The van der Waals surface area contributed by atoms with Crippen LogP contribution in [0.3, 0.4) is 0 Å². The smallest absolute Gasteiger partial charge is 0.267 e. The summed E-state index contributed by atoms with van der Waals surface area (Å²) in [6.45, 7) is 6.44. The first-order valence-corrected chi connectivity index (χ1v) is 12.5. The number of likely N-dealkylation sites (N-methyl/N-ethyl adjacent to an activating group) is 1. The summed E-state index contributed by atoms with van der Waals surface area (Å²) in [5, 5.41) is 0. The fraction of sp³-hybridized carbons (Fsp3) is 0.478. The molecule has 3 aliphatic heterocycles. The standard InChI is InChI=1S/C23H27N5O3S2/c1-15-5-6-19-24-20(26-9-7-25(2)8-10-26)17(21(29)27(19)13-15)12-18-22(30)28(23(32)33-18)14-16-4-3-11-31-16/h5-6,12-13,16H,3-4,7-11,14H2,1-2H3/b18-12-/t16-/m0/s1. The van der Waals surface area contributed by atoms with Crippen LogP contribution < -0.4 is 10.5 Å². The lowest BCUT2D eigenvalue weighted by Gasteiger charge is -2.34. The second kappa shape index (κ2) is 9.17. The van der Waals surface area contributed by atoms with E-state index in [1.807, 2.05) is 19.1 Å². The molecule has 0 radical (unpaired) electrons. The zero-order valence-electron chi connectivity index (χ0n) is 18.8. The van der Waals surface area contributed by atoms with Crippen molar-refractivity contribution >= 4 is 51.7 Å². The maximum absolute atomic E-state index is 13.6. The van der Waals surface area contributed by atoms with E-state index in [1.54, 1.807) is 21.6 Å². The first kappa shape index (κ1) is 22.5. The van der Waals surface area contributed by atoms with E-state index >= 15 is 0 Å². The van der Waals surface area contributed by atoms with Gasteiger partial charge in [-0.2, -0.15) is 0 Å². The fourth-order valence-corrected chi connectivity index (χ4v) is 5.67. The van der Waals surface area contributed by atoms with Crippen molar-refractivity contribution in [3.05, 3.63) is 44.7 Å². The van der Waals surface area contributed by atoms with E-state index in [0.717, 1.165) is 51.2 Å². The van der Waals surface area contributed by atoms with Gasteiger partial charge in [-0.15, -0.1) is 0 Å². The maximum atomic E-state index is 13.6. The van der Waals surface area contributed by atoms with Gasteiger partial charge in [0.05, 0.1) is 23.1 Å². The molecule has 0 N–H and O–H groups in total. The number of thioether (sulfide) groups is 1. The second-order valence-corrected chi connectivity index (χ2v) is 10.5. The van der Waals surface area contributed by atoms with Crippen molar-refractivity contribution in [2.24, 2.45) is 0 Å². The molecule has 174 valence electrons. The van der Waals surface area contributed by atoms with Crippen LogP contribution in [0.15, 0.2) is 28.0 Å². The number of thiocarbonyl (C=S) groups is 1. The summed E-state index contributed by atoms with van der Waals surface area (Å²) in [7, 11) is 2.09. The Kier molecular flexibility index (Phi) is 6.26. The highest BCUT2D eigenvalue weighted by molar-refractivity contribution is 8.26. The number of aryl methyl sites for hydroxylation is 1. The fourth-order valence-electron chi connectivity index (χ4n) is 4.41. The van der Waals surface area contributed by atoms with Crippen molar-refractivity contribution in [2.75, 3.05) is 51.3 Å². The van der Waals surface area contributed by atoms with E-state index in [0.29, 0.717) is 32.8 Å². The average Bonchev–Trinajstić information content (AvgIpc) is 3.41. The SMILES string of the molecule is Cc1ccc2nc(N3CCN(C)CC3)c(/C=C3\SC(=S)N(C[C@@H]4CCCO4)C3=O)c(=O)n2c1. The van der Waals surface area contributed by atoms with Gasteiger partial charge in [-0.3, -0.25) is 18.9 Å². The van der Waals surface area contributed by atoms with Crippen LogP contribution in [-0.2, 0) is 9.53 Å². The Morgan fingerprint density at radius 3 is 2.76 bits per heavy atom. The lowest BCUT2D eigenvalue weighted by Crippen LogP contribution is -2.45. The van der Waals surface area contributed by atoms with Crippen molar-refractivity contribution in [1.29, 1.82) is 0 Å². The number of rotatable bonds is 4. The molecule has 33 heavy (non-hydrogen) atoms. The minimum atomic E-state index is -0.179. The molecule has 1 amide bonds. The molecule has 3 aliphatic rings. The summed E-state index contributed by atoms with van der Waals surface area (Å²) in [5.74, 6) is 0.458. The highest BCUT2D eigenvalue weighted by Crippen LogP contribution is 2.34. The molecule has 3 saturated heterocycles. The number of pyridine rings is 1. The van der Waals surface area contributed by atoms with Crippen LogP contribution >= 0.6 is 24.0 Å². The number of aromatic nitrogens is 2. The molecule has 10 heteroatoms. The maximum Gasteiger partial charge on any atom is 0.267 e. The highest BCUT2D eigenvalue weighted by atomic mass is 32.2. The third-order valence-electron chi connectivity index (χ3n) is 6.35. The Morgan fingerprint density at radius 1 is 1.24 bits per heavy atom. The number of ether oxygens (including phenoxy) is 1. The molecule has 3 fully saturated rings. The Morgan fingerprint density at radius 2 is 2.03 bits per heavy atom. The van der Waals surface area contributed by atoms with Crippen LogP contribution in [0, 0.1) is 6.92 Å². The van der Waals surface area contributed by atoms with Gasteiger partial charge in [0.1, 0.15) is 15.8 Å². The monoisotopic (exact) mass is 485 g/mol. The first-order valence-electron chi connectivity index (χ1n) is 11.2. The molecule has 8 nitrogen and oxygen atoms in total. The van der Waals surface area contributed by atoms with E-state index in [1.165, 1.54) is 11.8 Å². The third-order valence-corrected chi connectivity index (χ3v) is 7.73. The van der Waals surface area contributed by atoms with Gasteiger partial charge in [0, 0.05) is 39.0 Å². The van der Waals surface area contributed by atoms with Gasteiger partial charge >= 0.3 is 0 Å². The van der Waals surface area contributed by atoms with Crippen LogP contribution in [0.2, 0.25) is 0 Å². The number of hydrogen-bond donors (Lipinski definition) is 0. The summed E-state index contributed by atoms with van der Waals surface area (Å²) in [4.78, 5) is 38.1. The van der Waals surface area contributed by atoms with Crippen LogP contribution in [0.5, 0.6) is 0 Å². The molecule has 0 aromatic carbocycles. The predicted molar refractivity (Wildman–Crippen MR) is 135 cm³/mol. The van der Waals surface area contributed by atoms with Gasteiger partial charge in [0.25, 0.3) is 11.5 Å². The van der Waals surface area contributed by atoms with Gasteiger partial charge in [0.15, 0.2) is 0 Å². The molecular formula is C23H27N5O3S2. The molecule has 1 atom stereocenters. The Balaban J connectivity index is 1.56. The van der Waals surface area contributed by atoms with Gasteiger partial charge in [-0.1, -0.05) is 30.0 Å². The number of piperazine rings is 1. The van der Waals surface area contributed by atoms with E-state index < -0.39 is 0 Å². The van der Waals surface area contributed by atoms with Gasteiger partial charge in [0.2, 0.25) is 0 Å². The zero-order chi connectivity index (χ0) is 23.1. The van der Waals surface area contributed by atoms with Crippen molar-refractivity contribution < 1.29 is 9.53 Å². The van der Waals surface area contributed by atoms with E-state index in [9.17, 15) is 9.59 Å². The number of anilines is 1. The lowest BCUT2D eigenvalue weighted by atomic mass is 10.2. The lowest BCUT2D eigenvalue weighted by molar-refractivity contribution is -0.123. The molecule has 5 heterocycles. The molecule has 2 aromatic rings. The normalized spacial score (nSPS) is 23.5. The number of carbonyl (C=O) groups is 1. The summed E-state index contributed by atoms with van der Waals surface area (Å²) >= 11 is 6.74. The molecule has 0 spiro atoms. The average molecular weight is 486 g/mol. The van der Waals surface area contributed by atoms with Crippen LogP contribution in [0.1, 0.15) is 24.0 Å². The minimum Gasteiger partial charge on any atom is -0.376 e. The molecule has 5 rings (SSSR count). The first-order chi connectivity index (χ1) is 15.9. The predicted octanol–water partition coefficient (Wildman–Crippen LogP) is 2.13. The zero-order valence-corrected chi connectivity index (χ0v) is 20.5. The van der Waals surface area contributed by atoms with Crippen LogP contribution in [-0.4, -0.2) is 81.9 Å². The summed E-state index contributed by atoms with van der Waals surface area (Å²) < 4.78 is 7.76. The topological polar surface area (TPSA) is 70.4 Å². The van der Waals surface area contributed by atoms with Crippen molar-refractivity contribution in [2.45, 2.75) is 25.9 Å². The van der Waals surface area contributed by atoms with E-state index in [2.05, 4.69) is 16.8 Å². The Labute approximate surface area is 202 Å². The number of amides is 1. The van der Waals surface area contributed by atoms with Crippen molar-refractivity contribution in [3.8, 4) is 0 Å². The van der Waals surface area contributed by atoms with E-state index in [4.69, 9.17) is 21.9 Å². The van der Waals surface area contributed by atoms with E-state index in [-0.39, 0.29) is 17.6 Å². The molecule has 2 aromatic heterocycles. The molecular weight excluding hydrogens is 458 g/mol. The van der Waals surface area contributed by atoms with Crippen molar-refractivity contribution in [3.63, 3.8) is 0 Å². The van der Waals surface area contributed by atoms with Gasteiger partial charge in [-0.25, -0.2) is 4.98 Å². The molecule has 0 unspecified atom stereocenters. The van der Waals surface area contributed by atoms with Crippen molar-refractivity contribution in [1.82, 2.24) is 19.2 Å². The summed E-state index contributed by atoms with van der Waals surface area (Å²) in [5.41, 5.74) is 1.82. The molecule has 0 aliphatic carbocycles. The second-order valence-electron chi connectivity index (χ2n) is 8.81. The highest BCUT2D eigenvalue weighted by Gasteiger charge is 2.35. The summed E-state index contributed by atoms with van der Waals surface area (Å²) in [6.07, 6.45) is 5.43. The summed E-state index contributed by atoms with van der Waals surface area (Å²) in [6, 6.07) is 3.81. The van der Waals surface area contributed by atoms with Gasteiger partial charge < -0.3 is 14.5 Å².